The summed E-state index contributed by atoms with van der Waals surface area (Å²) in [5.74, 6) is 0.543. The van der Waals surface area contributed by atoms with Crippen LogP contribution < -0.4 is 10.1 Å². The summed E-state index contributed by atoms with van der Waals surface area (Å²) in [7, 11) is 0. The van der Waals surface area contributed by atoms with Crippen molar-refractivity contribution >= 4 is 23.0 Å². The van der Waals surface area contributed by atoms with E-state index in [1.165, 1.54) is 23.9 Å². The lowest BCUT2D eigenvalue weighted by Gasteiger charge is -2.25. The van der Waals surface area contributed by atoms with E-state index in [4.69, 9.17) is 9.47 Å². The maximum absolute atomic E-state index is 13.4. The minimum absolute atomic E-state index is 0.122. The molecule has 46 heavy (non-hydrogen) atoms. The fraction of sp³-hybridized carbons (Fsp3) is 0.421. The molecule has 0 radical (unpaired) electrons. The van der Waals surface area contributed by atoms with Crippen LogP contribution in [0.3, 0.4) is 0 Å². The zero-order valence-corrected chi connectivity index (χ0v) is 28.6. The van der Waals surface area contributed by atoms with Crippen molar-refractivity contribution in [2.75, 3.05) is 0 Å². The van der Waals surface area contributed by atoms with Gasteiger partial charge in [0.2, 0.25) is 0 Å². The third-order valence-electron chi connectivity index (χ3n) is 6.84. The Labute approximate surface area is 278 Å². The summed E-state index contributed by atoms with van der Waals surface area (Å²) >= 11 is 1.18. The zero-order chi connectivity index (χ0) is 33.7. The van der Waals surface area contributed by atoms with Gasteiger partial charge in [0.05, 0.1) is 18.1 Å². The second-order valence-corrected chi connectivity index (χ2v) is 14.5. The Morgan fingerprint density at radius 2 is 1.33 bits per heavy atom. The number of alkyl carbamates (subject to hydrolysis) is 1. The Morgan fingerprint density at radius 3 is 1.89 bits per heavy atom. The van der Waals surface area contributed by atoms with Gasteiger partial charge in [0.25, 0.3) is 0 Å². The molecular formula is C38H49NO6S. The first-order chi connectivity index (χ1) is 21.7. The number of aliphatic hydroxyl groups excluding tert-OH is 2. The van der Waals surface area contributed by atoms with E-state index in [0.29, 0.717) is 18.6 Å². The van der Waals surface area contributed by atoms with Crippen LogP contribution in [0, 0.1) is 5.92 Å². The molecule has 0 saturated carbocycles. The number of ether oxygens (including phenoxy) is 2. The molecule has 3 aromatic carbocycles. The van der Waals surface area contributed by atoms with Crippen LogP contribution >= 0.6 is 11.8 Å². The zero-order valence-electron chi connectivity index (χ0n) is 27.8. The van der Waals surface area contributed by atoms with E-state index in [-0.39, 0.29) is 17.1 Å². The molecule has 8 heteroatoms. The van der Waals surface area contributed by atoms with E-state index in [9.17, 15) is 19.8 Å². The summed E-state index contributed by atoms with van der Waals surface area (Å²) in [5, 5.41) is 25.0. The second-order valence-electron chi connectivity index (χ2n) is 13.5. The monoisotopic (exact) mass is 647 g/mol. The highest BCUT2D eigenvalue weighted by molar-refractivity contribution is 8.13. The molecule has 3 N–H and O–H groups in total. The van der Waals surface area contributed by atoms with Crippen molar-refractivity contribution in [1.82, 2.24) is 5.32 Å². The van der Waals surface area contributed by atoms with E-state index in [0.717, 1.165) is 22.4 Å². The molecule has 3 aromatic rings. The molecule has 0 spiro atoms. The van der Waals surface area contributed by atoms with E-state index in [1.807, 2.05) is 106 Å². The third-order valence-corrected chi connectivity index (χ3v) is 7.91. The van der Waals surface area contributed by atoms with Gasteiger partial charge in [-0.2, -0.15) is 0 Å². The van der Waals surface area contributed by atoms with Crippen molar-refractivity contribution in [2.45, 2.75) is 96.0 Å². The van der Waals surface area contributed by atoms with Crippen LogP contribution in [0.5, 0.6) is 5.75 Å². The Kier molecular flexibility index (Phi) is 13.9. The number of hydrogen-bond acceptors (Lipinski definition) is 7. The smallest absolute Gasteiger partial charge is 0.407 e. The number of thioether (sulfide) groups is 1. The van der Waals surface area contributed by atoms with Crippen LogP contribution in [-0.4, -0.2) is 50.9 Å². The number of benzene rings is 3. The first-order valence-electron chi connectivity index (χ1n) is 15.7. The highest BCUT2D eigenvalue weighted by Crippen LogP contribution is 2.25. The van der Waals surface area contributed by atoms with Crippen LogP contribution in [0.25, 0.3) is 0 Å². The van der Waals surface area contributed by atoms with E-state index < -0.39 is 35.9 Å². The third kappa shape index (κ3) is 14.2. The van der Waals surface area contributed by atoms with Crippen molar-refractivity contribution in [1.29, 1.82) is 0 Å². The largest absolute Gasteiger partial charge is 0.488 e. The molecule has 0 aliphatic carbocycles. The Morgan fingerprint density at radius 1 is 0.761 bits per heavy atom. The van der Waals surface area contributed by atoms with Gasteiger partial charge in [0.15, 0.2) is 5.12 Å². The molecule has 0 fully saturated rings. The van der Waals surface area contributed by atoms with E-state index in [2.05, 4.69) is 5.32 Å². The molecule has 248 valence electrons. The lowest BCUT2D eigenvalue weighted by molar-refractivity contribution is -0.116. The van der Waals surface area contributed by atoms with Gasteiger partial charge in [-0.25, -0.2) is 4.79 Å². The lowest BCUT2D eigenvalue weighted by atomic mass is 9.94. The Hall–Kier alpha value is -3.59. The van der Waals surface area contributed by atoms with Gasteiger partial charge in [-0.15, -0.1) is 0 Å². The van der Waals surface area contributed by atoms with Crippen LogP contribution in [0.4, 0.5) is 4.79 Å². The minimum Gasteiger partial charge on any atom is -0.488 e. The van der Waals surface area contributed by atoms with Gasteiger partial charge in [-0.3, -0.25) is 4.79 Å². The van der Waals surface area contributed by atoms with E-state index >= 15 is 0 Å². The number of amides is 1. The topological polar surface area (TPSA) is 105 Å². The molecule has 1 amide bonds. The molecule has 3 rings (SSSR count). The van der Waals surface area contributed by atoms with E-state index in [1.54, 1.807) is 20.8 Å². The molecular weight excluding hydrogens is 598 g/mol. The average Bonchev–Trinajstić information content (AvgIpc) is 2.97. The molecule has 0 saturated heterocycles. The molecule has 0 aromatic heterocycles. The number of aliphatic hydroxyl groups is 2. The second kappa shape index (κ2) is 17.4. The standard InChI is InChI=1S/C38H49NO6S/c1-37(2,3)44-32-20-17-28(18-21-32)23-30(39-36(43)45-38(4,5)6)25-31(40)19-22-34(41)33(24-27-13-9-7-10-14-27)35(42)46-26-29-15-11-8-12-16-29/h7-22,30-31,33-34,40-41H,23-26H2,1-6H3,(H,39,43)/b22-19+. The SMILES string of the molecule is CC(C)(C)OC(=O)NC(Cc1ccc(OC(C)(C)C)cc1)CC(O)/C=C/C(O)C(Cc1ccccc1)C(=O)SCc1ccccc1. The normalized spacial score (nSPS) is 14.7. The maximum atomic E-state index is 13.4. The average molecular weight is 648 g/mol. The highest BCUT2D eigenvalue weighted by Gasteiger charge is 2.27. The molecule has 0 aliphatic rings. The summed E-state index contributed by atoms with van der Waals surface area (Å²) in [6.07, 6.45) is 1.27. The number of carbonyl (C=O) groups excluding carboxylic acids is 2. The van der Waals surface area contributed by atoms with Crippen molar-refractivity contribution in [2.24, 2.45) is 5.92 Å². The molecule has 0 aliphatic heterocycles. The minimum atomic E-state index is -1.11. The van der Waals surface area contributed by atoms with Crippen molar-refractivity contribution in [3.8, 4) is 5.75 Å². The van der Waals surface area contributed by atoms with Gasteiger partial charge in [0.1, 0.15) is 17.0 Å². The van der Waals surface area contributed by atoms with Gasteiger partial charge in [-0.1, -0.05) is 96.7 Å². The first-order valence-corrected chi connectivity index (χ1v) is 16.7. The van der Waals surface area contributed by atoms with Crippen molar-refractivity contribution in [3.05, 3.63) is 114 Å². The highest BCUT2D eigenvalue weighted by atomic mass is 32.2. The fourth-order valence-electron chi connectivity index (χ4n) is 4.79. The van der Waals surface area contributed by atoms with Crippen LogP contribution in [0.2, 0.25) is 0 Å². The number of rotatable bonds is 14. The molecule has 7 nitrogen and oxygen atoms in total. The van der Waals surface area contributed by atoms with Crippen LogP contribution in [0.1, 0.15) is 64.7 Å². The Bertz CT molecular complexity index is 1380. The maximum Gasteiger partial charge on any atom is 0.407 e. The lowest BCUT2D eigenvalue weighted by Crippen LogP contribution is -2.41. The number of carbonyl (C=O) groups is 2. The molecule has 4 atom stereocenters. The van der Waals surface area contributed by atoms with Gasteiger partial charge in [-0.05, 0) is 89.6 Å². The van der Waals surface area contributed by atoms with Crippen LogP contribution in [-0.2, 0) is 28.1 Å². The first kappa shape index (κ1) is 36.9. The molecule has 0 heterocycles. The summed E-state index contributed by atoms with van der Waals surface area (Å²) in [6, 6.07) is 26.5. The predicted octanol–water partition coefficient (Wildman–Crippen LogP) is 7.29. The molecule has 0 bridgehead atoms. The van der Waals surface area contributed by atoms with Gasteiger partial charge < -0.3 is 25.0 Å². The van der Waals surface area contributed by atoms with Gasteiger partial charge >= 0.3 is 6.09 Å². The summed E-state index contributed by atoms with van der Waals surface area (Å²) < 4.78 is 11.4. The number of hydrogen-bond donors (Lipinski definition) is 3. The van der Waals surface area contributed by atoms with Crippen molar-refractivity contribution in [3.63, 3.8) is 0 Å². The van der Waals surface area contributed by atoms with Crippen LogP contribution in [0.15, 0.2) is 97.1 Å². The predicted molar refractivity (Wildman–Crippen MR) is 186 cm³/mol. The Balaban J connectivity index is 1.71. The molecule has 4 unspecified atom stereocenters. The van der Waals surface area contributed by atoms with Crippen molar-refractivity contribution < 1.29 is 29.3 Å². The fourth-order valence-corrected chi connectivity index (χ4v) is 5.73. The summed E-state index contributed by atoms with van der Waals surface area (Å²) in [6.45, 7) is 11.3. The number of nitrogens with one attached hydrogen (secondary N) is 1. The summed E-state index contributed by atoms with van der Waals surface area (Å²) in [5.41, 5.74) is 1.91. The van der Waals surface area contributed by atoms with Gasteiger partial charge in [0, 0.05) is 11.8 Å². The summed E-state index contributed by atoms with van der Waals surface area (Å²) in [4.78, 5) is 26.0. The quantitative estimate of drug-likeness (QED) is 0.158.